The molecule has 1 N–H and O–H groups in total. The largest absolute Gasteiger partial charge is 0.462 e. The maximum absolute atomic E-state index is 14.8. The lowest BCUT2D eigenvalue weighted by atomic mass is 9.33. The highest BCUT2D eigenvalue weighted by atomic mass is 16.5. The van der Waals surface area contributed by atoms with E-state index >= 15 is 0 Å². The molecule has 4 saturated carbocycles. The van der Waals surface area contributed by atoms with Crippen LogP contribution in [0.4, 0.5) is 5.69 Å². The van der Waals surface area contributed by atoms with Gasteiger partial charge in [0, 0.05) is 34.7 Å². The van der Waals surface area contributed by atoms with Crippen LogP contribution in [-0.4, -0.2) is 23.8 Å². The summed E-state index contributed by atoms with van der Waals surface area (Å²) < 4.78 is 5.89. The standard InChI is InChI=1S/C42H55NO4/c1-26(44)47-34-17-18-40(6)33(37(34,2)3)16-19-42(8)35(40)32(45)24-29-30-25-39(5,21-20-38(30,4)22-23-41(29,42)7)36(46)43-31-15-11-13-27-12-9-10-14-28(27)31/h9-15,24,30,33-35H,16-23,25H2,1-8H3,(H,43,46)/t30-,33-,34-,35-,38-,39+,40+,41+,42-/m1/s1. The summed E-state index contributed by atoms with van der Waals surface area (Å²) in [5, 5.41) is 5.53. The summed E-state index contributed by atoms with van der Waals surface area (Å²) in [7, 11) is 0. The average molecular weight is 638 g/mol. The molecule has 4 fully saturated rings. The number of fused-ring (bicyclic) bond motifs is 8. The molecule has 0 bridgehead atoms. The van der Waals surface area contributed by atoms with E-state index in [0.29, 0.717) is 11.7 Å². The lowest BCUT2D eigenvalue weighted by Crippen LogP contribution is -2.66. The van der Waals surface area contributed by atoms with E-state index in [-0.39, 0.29) is 56.9 Å². The first-order valence-electron chi connectivity index (χ1n) is 18.2. The van der Waals surface area contributed by atoms with Crippen molar-refractivity contribution in [2.75, 3.05) is 5.32 Å². The van der Waals surface area contributed by atoms with Crippen LogP contribution in [0.2, 0.25) is 0 Å². The molecule has 1 amide bonds. The minimum atomic E-state index is -0.524. The summed E-state index contributed by atoms with van der Waals surface area (Å²) in [5.41, 5.74) is 1.13. The minimum absolute atomic E-state index is 0.0611. The van der Waals surface area contributed by atoms with Crippen LogP contribution in [0, 0.1) is 50.2 Å². The number of rotatable bonds is 3. The lowest BCUT2D eigenvalue weighted by Gasteiger charge is -2.70. The SMILES string of the molecule is CC(=O)O[C@@H]1CC[C@@]2(C)[C@H](CC[C@]3(C)[C@@H]2C(=O)C=C2[C@H]4C[C@@](C)(C(=O)Nc5cccc6ccccc56)CC[C@]4(C)CC[C@@]23C)C1(C)C. The van der Waals surface area contributed by atoms with Gasteiger partial charge in [0.05, 0.1) is 0 Å². The number of carbonyl (C=O) groups is 3. The highest BCUT2D eigenvalue weighted by molar-refractivity contribution is 6.04. The van der Waals surface area contributed by atoms with Crippen LogP contribution in [-0.2, 0) is 19.1 Å². The van der Waals surface area contributed by atoms with Gasteiger partial charge in [-0.1, -0.05) is 90.4 Å². The fourth-order valence-corrected chi connectivity index (χ4v) is 12.4. The number of hydrogen-bond donors (Lipinski definition) is 1. The minimum Gasteiger partial charge on any atom is -0.462 e. The van der Waals surface area contributed by atoms with E-state index < -0.39 is 5.41 Å². The van der Waals surface area contributed by atoms with Crippen LogP contribution in [0.3, 0.4) is 0 Å². The molecular formula is C42H55NO4. The number of hydrogen-bond acceptors (Lipinski definition) is 4. The number of amides is 1. The van der Waals surface area contributed by atoms with E-state index in [0.717, 1.165) is 74.2 Å². The van der Waals surface area contributed by atoms with E-state index in [1.54, 1.807) is 0 Å². The van der Waals surface area contributed by atoms with Crippen molar-refractivity contribution < 1.29 is 19.1 Å². The number of esters is 1. The van der Waals surface area contributed by atoms with Gasteiger partial charge in [-0.05, 0) is 109 Å². The number of ether oxygens (including phenoxy) is 1. The zero-order chi connectivity index (χ0) is 33.8. The Labute approximate surface area is 281 Å². The maximum Gasteiger partial charge on any atom is 0.302 e. The summed E-state index contributed by atoms with van der Waals surface area (Å²) in [6.45, 7) is 17.9. The number of allylic oxidation sites excluding steroid dienone is 2. The van der Waals surface area contributed by atoms with Gasteiger partial charge in [0.15, 0.2) is 5.78 Å². The van der Waals surface area contributed by atoms with E-state index in [4.69, 9.17) is 4.74 Å². The van der Waals surface area contributed by atoms with Crippen LogP contribution in [0.5, 0.6) is 0 Å². The van der Waals surface area contributed by atoms with Crippen LogP contribution < -0.4 is 5.32 Å². The topological polar surface area (TPSA) is 72.5 Å². The molecule has 2 aromatic carbocycles. The van der Waals surface area contributed by atoms with Crippen molar-refractivity contribution in [2.24, 2.45) is 50.2 Å². The van der Waals surface area contributed by atoms with Gasteiger partial charge in [0.2, 0.25) is 5.91 Å². The van der Waals surface area contributed by atoms with Crippen molar-refractivity contribution in [2.45, 2.75) is 119 Å². The van der Waals surface area contributed by atoms with E-state index in [9.17, 15) is 14.4 Å². The second kappa shape index (κ2) is 10.5. The fourth-order valence-electron chi connectivity index (χ4n) is 12.4. The Kier molecular flexibility index (Phi) is 7.30. The Balaban J connectivity index is 1.22. The molecule has 0 radical (unpaired) electrons. The Morgan fingerprint density at radius 1 is 0.830 bits per heavy atom. The summed E-state index contributed by atoms with van der Waals surface area (Å²) in [6.07, 6.45) is 10.6. The Hall–Kier alpha value is -2.95. The molecule has 47 heavy (non-hydrogen) atoms. The molecule has 5 heteroatoms. The van der Waals surface area contributed by atoms with Crippen molar-refractivity contribution in [3.63, 3.8) is 0 Å². The van der Waals surface area contributed by atoms with Gasteiger partial charge in [0.25, 0.3) is 0 Å². The van der Waals surface area contributed by atoms with Gasteiger partial charge >= 0.3 is 5.97 Å². The molecule has 0 spiro atoms. The number of anilines is 1. The van der Waals surface area contributed by atoms with Crippen molar-refractivity contribution in [3.05, 3.63) is 54.1 Å². The first-order valence-corrected chi connectivity index (χ1v) is 18.2. The smallest absolute Gasteiger partial charge is 0.302 e. The third kappa shape index (κ3) is 4.57. The fraction of sp³-hybridized carbons (Fsp3) is 0.643. The number of nitrogens with one attached hydrogen (secondary N) is 1. The second-order valence-electron chi connectivity index (χ2n) is 18.2. The average Bonchev–Trinajstić information content (AvgIpc) is 3.00. The number of ketones is 1. The van der Waals surface area contributed by atoms with Crippen LogP contribution >= 0.6 is 0 Å². The Morgan fingerprint density at radius 2 is 1.53 bits per heavy atom. The molecule has 2 aromatic rings. The molecule has 5 nitrogen and oxygen atoms in total. The predicted molar refractivity (Wildman–Crippen MR) is 188 cm³/mol. The molecular weight excluding hydrogens is 582 g/mol. The highest BCUT2D eigenvalue weighted by Gasteiger charge is 2.70. The van der Waals surface area contributed by atoms with Gasteiger partial charge in [-0.2, -0.15) is 0 Å². The third-order valence-electron chi connectivity index (χ3n) is 15.4. The van der Waals surface area contributed by atoms with Crippen molar-refractivity contribution in [1.29, 1.82) is 0 Å². The molecule has 5 aliphatic carbocycles. The number of benzene rings is 2. The molecule has 9 atom stereocenters. The quantitative estimate of drug-likeness (QED) is 0.340. The molecule has 5 aliphatic rings. The Morgan fingerprint density at radius 3 is 2.28 bits per heavy atom. The molecule has 0 saturated heterocycles. The van der Waals surface area contributed by atoms with E-state index in [2.05, 4.69) is 78.1 Å². The zero-order valence-corrected chi connectivity index (χ0v) is 29.9. The molecule has 7 rings (SSSR count). The molecule has 0 unspecified atom stereocenters. The highest BCUT2D eigenvalue weighted by Crippen LogP contribution is 2.75. The summed E-state index contributed by atoms with van der Waals surface area (Å²) in [5.74, 6) is 0.617. The number of carbonyl (C=O) groups excluding carboxylic acids is 3. The normalized spacial score (nSPS) is 42.2. The molecule has 0 aromatic heterocycles. The van der Waals surface area contributed by atoms with Crippen molar-refractivity contribution in [3.8, 4) is 0 Å². The summed E-state index contributed by atoms with van der Waals surface area (Å²) in [4.78, 5) is 41.0. The summed E-state index contributed by atoms with van der Waals surface area (Å²) in [6, 6.07) is 14.3. The first kappa shape index (κ1) is 32.6. The van der Waals surface area contributed by atoms with Crippen LogP contribution in [0.15, 0.2) is 54.1 Å². The van der Waals surface area contributed by atoms with Gasteiger partial charge in [-0.15, -0.1) is 0 Å². The predicted octanol–water partition coefficient (Wildman–Crippen LogP) is 9.69. The lowest BCUT2D eigenvalue weighted by molar-refractivity contribution is -0.210. The molecule has 0 heterocycles. The first-order chi connectivity index (χ1) is 22.0. The van der Waals surface area contributed by atoms with E-state index in [1.807, 2.05) is 24.3 Å². The van der Waals surface area contributed by atoms with Crippen molar-refractivity contribution in [1.82, 2.24) is 0 Å². The monoisotopic (exact) mass is 637 g/mol. The van der Waals surface area contributed by atoms with Crippen LogP contribution in [0.1, 0.15) is 113 Å². The zero-order valence-electron chi connectivity index (χ0n) is 29.9. The van der Waals surface area contributed by atoms with Gasteiger partial charge in [-0.25, -0.2) is 0 Å². The Bertz CT molecular complexity index is 1680. The third-order valence-corrected chi connectivity index (χ3v) is 15.4. The molecule has 252 valence electrons. The van der Waals surface area contributed by atoms with Gasteiger partial charge < -0.3 is 10.1 Å². The summed E-state index contributed by atoms with van der Waals surface area (Å²) >= 11 is 0. The van der Waals surface area contributed by atoms with Gasteiger partial charge in [-0.3, -0.25) is 14.4 Å². The maximum atomic E-state index is 14.8. The van der Waals surface area contributed by atoms with Crippen LogP contribution in [0.25, 0.3) is 10.8 Å². The second-order valence-corrected chi connectivity index (χ2v) is 18.2. The molecule has 0 aliphatic heterocycles. The van der Waals surface area contributed by atoms with E-state index in [1.165, 1.54) is 12.5 Å². The van der Waals surface area contributed by atoms with Crippen molar-refractivity contribution >= 4 is 34.1 Å². The van der Waals surface area contributed by atoms with Gasteiger partial charge in [0.1, 0.15) is 6.10 Å².